The van der Waals surface area contributed by atoms with Crippen LogP contribution in [0, 0.1) is 5.92 Å². The summed E-state index contributed by atoms with van der Waals surface area (Å²) in [5.41, 5.74) is 1.16. The summed E-state index contributed by atoms with van der Waals surface area (Å²) in [6.07, 6.45) is 1.32. The molecule has 3 aliphatic heterocycles. The Kier molecular flexibility index (Phi) is 9.35. The average Bonchev–Trinajstić information content (AvgIpc) is 3.26. The highest BCUT2D eigenvalue weighted by atomic mass is 32.2. The molecule has 206 valence electrons. The van der Waals surface area contributed by atoms with E-state index in [0.29, 0.717) is 5.75 Å². The molecule has 4 rings (SSSR count). The number of carbonyl (C=O) groups is 3. The smallest absolute Gasteiger partial charge is 0.491 e. The highest BCUT2D eigenvalue weighted by Gasteiger charge is 2.64. The highest BCUT2D eigenvalue weighted by Crippen LogP contribution is 2.51. The van der Waals surface area contributed by atoms with Crippen LogP contribution in [0.3, 0.4) is 0 Å². The molecule has 0 bridgehead atoms. The van der Waals surface area contributed by atoms with Crippen molar-refractivity contribution in [2.75, 3.05) is 52.7 Å². The number of nitrogens with zero attached hydrogens (tertiary/aromatic N) is 2. The summed E-state index contributed by atoms with van der Waals surface area (Å²) in [4.78, 5) is 41.9. The Labute approximate surface area is 226 Å². The quantitative estimate of drug-likeness (QED) is 0.221. The van der Waals surface area contributed by atoms with Crippen molar-refractivity contribution >= 4 is 29.8 Å². The number of β-lactam (4-membered cyclic amide) rings is 1. The Morgan fingerprint density at radius 2 is 1.84 bits per heavy atom. The van der Waals surface area contributed by atoms with Gasteiger partial charge in [-0.25, -0.2) is 4.79 Å². The summed E-state index contributed by atoms with van der Waals surface area (Å²) in [5, 5.41) is -0.361. The van der Waals surface area contributed by atoms with Crippen molar-refractivity contribution in [3.05, 3.63) is 55.1 Å². The lowest BCUT2D eigenvalue weighted by Gasteiger charge is -2.43. The number of rotatable bonds is 12. The molecule has 0 aromatic heterocycles. The van der Waals surface area contributed by atoms with Crippen LogP contribution in [0.1, 0.15) is 12.5 Å². The fourth-order valence-corrected chi connectivity index (χ4v) is 6.39. The SMILES string of the molecule is C=CCOC(=O)O[C@H](C)[C@H]1C(=O)N2CC(COc3ccc(CN4CCOCC4)cc3)(C(=O)OCC=C)S[C@H]12. The lowest BCUT2D eigenvalue weighted by molar-refractivity contribution is -0.158. The Balaban J connectivity index is 1.40. The van der Waals surface area contributed by atoms with Gasteiger partial charge < -0.3 is 28.6 Å². The molecule has 3 aliphatic rings. The highest BCUT2D eigenvalue weighted by molar-refractivity contribution is 8.02. The van der Waals surface area contributed by atoms with Gasteiger partial charge in [-0.2, -0.15) is 0 Å². The van der Waals surface area contributed by atoms with E-state index in [4.69, 9.17) is 23.7 Å². The van der Waals surface area contributed by atoms with Gasteiger partial charge in [-0.3, -0.25) is 14.5 Å². The van der Waals surface area contributed by atoms with Crippen LogP contribution < -0.4 is 4.74 Å². The topological polar surface area (TPSA) is 104 Å². The Morgan fingerprint density at radius 3 is 2.53 bits per heavy atom. The van der Waals surface area contributed by atoms with Crippen molar-refractivity contribution in [2.24, 2.45) is 5.92 Å². The van der Waals surface area contributed by atoms with Crippen molar-refractivity contribution in [1.82, 2.24) is 9.80 Å². The van der Waals surface area contributed by atoms with Crippen molar-refractivity contribution in [1.29, 1.82) is 0 Å². The summed E-state index contributed by atoms with van der Waals surface area (Å²) in [5.74, 6) is -0.667. The van der Waals surface area contributed by atoms with Crippen LogP contribution in [-0.4, -0.2) is 96.7 Å². The molecule has 1 unspecified atom stereocenters. The predicted octanol–water partition coefficient (Wildman–Crippen LogP) is 2.62. The van der Waals surface area contributed by atoms with Gasteiger partial charge >= 0.3 is 12.1 Å². The second-order valence-electron chi connectivity index (χ2n) is 9.38. The van der Waals surface area contributed by atoms with Gasteiger partial charge in [-0.15, -0.1) is 11.8 Å². The second-order valence-corrected chi connectivity index (χ2v) is 10.9. The molecule has 3 saturated heterocycles. The maximum atomic E-state index is 13.2. The number of ether oxygens (including phenoxy) is 5. The van der Waals surface area contributed by atoms with E-state index in [1.165, 1.54) is 23.9 Å². The van der Waals surface area contributed by atoms with E-state index >= 15 is 0 Å². The number of esters is 1. The van der Waals surface area contributed by atoms with Crippen LogP contribution in [0.4, 0.5) is 4.79 Å². The molecule has 1 amide bonds. The van der Waals surface area contributed by atoms with Crippen molar-refractivity contribution in [2.45, 2.75) is 29.7 Å². The molecule has 1 aromatic carbocycles. The van der Waals surface area contributed by atoms with Gasteiger partial charge in [-0.05, 0) is 24.6 Å². The predicted molar refractivity (Wildman–Crippen MR) is 141 cm³/mol. The van der Waals surface area contributed by atoms with Crippen molar-refractivity contribution < 1.29 is 38.1 Å². The fraction of sp³-hybridized carbons (Fsp3) is 0.519. The van der Waals surface area contributed by atoms with E-state index < -0.39 is 28.9 Å². The van der Waals surface area contributed by atoms with E-state index in [9.17, 15) is 14.4 Å². The monoisotopic (exact) mass is 546 g/mol. The first kappa shape index (κ1) is 28.0. The molecule has 0 aliphatic carbocycles. The van der Waals surface area contributed by atoms with Gasteiger partial charge in [0.2, 0.25) is 5.91 Å². The molecule has 3 heterocycles. The van der Waals surface area contributed by atoms with E-state index in [2.05, 4.69) is 18.1 Å². The molecular formula is C27H34N2O8S. The molecule has 11 heteroatoms. The van der Waals surface area contributed by atoms with E-state index in [-0.39, 0.29) is 37.6 Å². The molecule has 38 heavy (non-hydrogen) atoms. The third-order valence-corrected chi connectivity index (χ3v) is 8.33. The Bertz CT molecular complexity index is 1030. The fourth-order valence-electron chi connectivity index (χ4n) is 4.64. The minimum Gasteiger partial charge on any atom is -0.491 e. The first-order valence-corrected chi connectivity index (χ1v) is 13.5. The van der Waals surface area contributed by atoms with E-state index in [0.717, 1.165) is 38.4 Å². The van der Waals surface area contributed by atoms with Crippen molar-refractivity contribution in [3.63, 3.8) is 0 Å². The zero-order valence-corrected chi connectivity index (χ0v) is 22.4. The van der Waals surface area contributed by atoms with Gasteiger partial charge in [0.15, 0.2) is 4.75 Å². The minimum absolute atomic E-state index is 0.0122. The lowest BCUT2D eigenvalue weighted by Crippen LogP contribution is -2.61. The summed E-state index contributed by atoms with van der Waals surface area (Å²) in [6, 6.07) is 7.77. The molecule has 0 N–H and O–H groups in total. The third kappa shape index (κ3) is 6.33. The van der Waals surface area contributed by atoms with Gasteiger partial charge in [0, 0.05) is 19.6 Å². The summed E-state index contributed by atoms with van der Waals surface area (Å²) in [6.45, 7) is 13.1. The van der Waals surface area contributed by atoms with Crippen molar-refractivity contribution in [3.8, 4) is 5.75 Å². The average molecular weight is 547 g/mol. The number of amides is 1. The molecule has 10 nitrogen and oxygen atoms in total. The largest absolute Gasteiger partial charge is 0.508 e. The first-order valence-electron chi connectivity index (χ1n) is 12.6. The van der Waals surface area contributed by atoms with Crippen LogP contribution >= 0.6 is 11.8 Å². The zero-order valence-electron chi connectivity index (χ0n) is 21.5. The summed E-state index contributed by atoms with van der Waals surface area (Å²) < 4.78 is 25.9. The Morgan fingerprint density at radius 1 is 1.16 bits per heavy atom. The lowest BCUT2D eigenvalue weighted by atomic mass is 9.92. The van der Waals surface area contributed by atoms with Crippen LogP contribution in [0.5, 0.6) is 5.75 Å². The van der Waals surface area contributed by atoms with Crippen LogP contribution in [0.15, 0.2) is 49.6 Å². The molecular weight excluding hydrogens is 512 g/mol. The normalized spacial score (nSPS) is 25.5. The minimum atomic E-state index is -1.13. The molecule has 3 fully saturated rings. The van der Waals surface area contributed by atoms with Gasteiger partial charge in [0.05, 0.1) is 25.1 Å². The van der Waals surface area contributed by atoms with Crippen LogP contribution in [-0.2, 0) is 35.1 Å². The van der Waals surface area contributed by atoms with Gasteiger partial charge in [-0.1, -0.05) is 37.4 Å². The maximum absolute atomic E-state index is 13.2. The Hall–Kier alpha value is -3.02. The second kappa shape index (κ2) is 12.7. The standard InChI is InChI=1S/C27H34N2O8S/c1-4-12-34-25(31)27(18-36-21-8-6-20(7-9-21)16-28-10-14-33-15-11-28)17-29-23(30)22(24(29)38-27)19(3)37-26(32)35-13-5-2/h4-9,19,22,24H,1-2,10-18H2,3H3/t19-,22+,24-,27?/m1/s1. The van der Waals surface area contributed by atoms with E-state index in [1.807, 2.05) is 24.3 Å². The molecule has 0 radical (unpaired) electrons. The zero-order chi connectivity index (χ0) is 27.1. The van der Waals surface area contributed by atoms with Crippen LogP contribution in [0.25, 0.3) is 0 Å². The molecule has 0 saturated carbocycles. The van der Waals surface area contributed by atoms with Gasteiger partial charge in [0.1, 0.15) is 37.6 Å². The third-order valence-electron chi connectivity index (χ3n) is 6.67. The van der Waals surface area contributed by atoms with E-state index in [1.54, 1.807) is 11.8 Å². The number of morpholine rings is 1. The van der Waals surface area contributed by atoms with Crippen LogP contribution in [0.2, 0.25) is 0 Å². The number of hydrogen-bond acceptors (Lipinski definition) is 10. The number of hydrogen-bond donors (Lipinski definition) is 0. The summed E-state index contributed by atoms with van der Waals surface area (Å²) >= 11 is 1.30. The summed E-state index contributed by atoms with van der Waals surface area (Å²) in [7, 11) is 0. The number of carbonyl (C=O) groups excluding carboxylic acids is 3. The van der Waals surface area contributed by atoms with Gasteiger partial charge in [0.25, 0.3) is 0 Å². The molecule has 4 atom stereocenters. The number of benzene rings is 1. The molecule has 0 spiro atoms. The molecule has 1 aromatic rings. The first-order chi connectivity index (χ1) is 18.4. The number of thioether (sulfide) groups is 1. The number of fused-ring (bicyclic) bond motifs is 1. The maximum Gasteiger partial charge on any atom is 0.508 e.